The van der Waals surface area contributed by atoms with Gasteiger partial charge in [-0.1, -0.05) is 24.3 Å². The molecule has 1 aromatic heterocycles. The summed E-state index contributed by atoms with van der Waals surface area (Å²) >= 11 is 0. The third kappa shape index (κ3) is 1.74. The van der Waals surface area contributed by atoms with Crippen LogP contribution in [0.1, 0.15) is 12.5 Å². The van der Waals surface area contributed by atoms with Gasteiger partial charge in [-0.05, 0) is 24.6 Å². The van der Waals surface area contributed by atoms with Gasteiger partial charge in [0, 0.05) is 18.1 Å². The Balaban J connectivity index is 2.31. The molecule has 14 heavy (non-hydrogen) atoms. The molecule has 0 spiro atoms. The normalized spacial score (nSPS) is 10.9. The van der Waals surface area contributed by atoms with Crippen LogP contribution in [0, 0.1) is 0 Å². The molecule has 1 aromatic carbocycles. The lowest BCUT2D eigenvalue weighted by atomic mass is 10.2. The summed E-state index contributed by atoms with van der Waals surface area (Å²) < 4.78 is 1.99. The molecule has 2 rings (SSSR count). The fourth-order valence-electron chi connectivity index (χ4n) is 1.36. The Bertz CT molecular complexity index is 410. The van der Waals surface area contributed by atoms with Crippen LogP contribution in [-0.2, 0) is 0 Å². The zero-order valence-electron chi connectivity index (χ0n) is 8.09. The highest BCUT2D eigenvalue weighted by atomic mass is 15.0. The number of benzene rings is 1. The van der Waals surface area contributed by atoms with E-state index >= 15 is 0 Å². The molecule has 0 aliphatic rings. The molecule has 0 unspecified atom stereocenters. The fraction of sp³-hybridized carbons (Fsp3) is 0.0833. The Morgan fingerprint density at radius 2 is 2.00 bits per heavy atom. The SMILES string of the molecule is C/C=C\c1ccc(-n2ccnc2)cc1. The molecule has 0 atom stereocenters. The zero-order chi connectivity index (χ0) is 9.80. The van der Waals surface area contributed by atoms with Crippen molar-refractivity contribution in [1.29, 1.82) is 0 Å². The Morgan fingerprint density at radius 1 is 1.21 bits per heavy atom. The second-order valence-electron chi connectivity index (χ2n) is 3.06. The Labute approximate surface area is 83.5 Å². The minimum Gasteiger partial charge on any atom is -0.306 e. The highest BCUT2D eigenvalue weighted by Gasteiger charge is 1.93. The minimum absolute atomic E-state index is 1.13. The van der Waals surface area contributed by atoms with Gasteiger partial charge in [-0.2, -0.15) is 0 Å². The number of imidazole rings is 1. The summed E-state index contributed by atoms with van der Waals surface area (Å²) in [4.78, 5) is 4.01. The van der Waals surface area contributed by atoms with Gasteiger partial charge < -0.3 is 4.57 Å². The first-order valence-corrected chi connectivity index (χ1v) is 4.61. The molecule has 0 amide bonds. The number of hydrogen-bond acceptors (Lipinski definition) is 1. The van der Waals surface area contributed by atoms with Crippen LogP contribution < -0.4 is 0 Å². The van der Waals surface area contributed by atoms with Crippen molar-refractivity contribution < 1.29 is 0 Å². The van der Waals surface area contributed by atoms with Crippen molar-refractivity contribution >= 4 is 6.08 Å². The topological polar surface area (TPSA) is 17.8 Å². The minimum atomic E-state index is 1.13. The van der Waals surface area contributed by atoms with Gasteiger partial charge in [-0.3, -0.25) is 0 Å². The van der Waals surface area contributed by atoms with Crippen molar-refractivity contribution in [2.75, 3.05) is 0 Å². The van der Waals surface area contributed by atoms with E-state index in [1.807, 2.05) is 23.8 Å². The van der Waals surface area contributed by atoms with Crippen LogP contribution in [0.25, 0.3) is 11.8 Å². The molecule has 0 N–H and O–H groups in total. The standard InChI is InChI=1S/C12H12N2/c1-2-3-11-4-6-12(7-5-11)14-9-8-13-10-14/h2-10H,1H3/b3-2-. The molecule has 1 heterocycles. The largest absolute Gasteiger partial charge is 0.306 e. The molecule has 0 aliphatic carbocycles. The average molecular weight is 184 g/mol. The zero-order valence-corrected chi connectivity index (χ0v) is 8.09. The van der Waals surface area contributed by atoms with Gasteiger partial charge in [0.1, 0.15) is 0 Å². The Kier molecular flexibility index (Phi) is 2.45. The molecular formula is C12H12N2. The van der Waals surface area contributed by atoms with Gasteiger partial charge in [-0.25, -0.2) is 4.98 Å². The average Bonchev–Trinajstić information content (AvgIpc) is 2.72. The van der Waals surface area contributed by atoms with E-state index in [1.54, 1.807) is 12.5 Å². The molecule has 0 saturated carbocycles. The van der Waals surface area contributed by atoms with E-state index in [0.717, 1.165) is 5.69 Å². The molecule has 0 saturated heterocycles. The lowest BCUT2D eigenvalue weighted by Gasteiger charge is -2.01. The third-order valence-corrected chi connectivity index (χ3v) is 2.05. The van der Waals surface area contributed by atoms with Gasteiger partial charge in [0.15, 0.2) is 0 Å². The maximum Gasteiger partial charge on any atom is 0.0991 e. The fourth-order valence-corrected chi connectivity index (χ4v) is 1.36. The van der Waals surface area contributed by atoms with Crippen LogP contribution in [0.3, 0.4) is 0 Å². The van der Waals surface area contributed by atoms with Gasteiger partial charge in [-0.15, -0.1) is 0 Å². The van der Waals surface area contributed by atoms with Crippen molar-refractivity contribution in [2.24, 2.45) is 0 Å². The second kappa shape index (κ2) is 3.92. The summed E-state index contributed by atoms with van der Waals surface area (Å²) in [5.41, 5.74) is 2.35. The van der Waals surface area contributed by atoms with Crippen LogP contribution in [0.5, 0.6) is 0 Å². The van der Waals surface area contributed by atoms with E-state index in [2.05, 4.69) is 35.3 Å². The molecule has 70 valence electrons. The summed E-state index contributed by atoms with van der Waals surface area (Å²) in [7, 11) is 0. The van der Waals surface area contributed by atoms with Crippen LogP contribution in [0.4, 0.5) is 0 Å². The van der Waals surface area contributed by atoms with E-state index in [4.69, 9.17) is 0 Å². The van der Waals surface area contributed by atoms with Gasteiger partial charge in [0.25, 0.3) is 0 Å². The summed E-state index contributed by atoms with van der Waals surface area (Å²) in [6.45, 7) is 2.02. The van der Waals surface area contributed by atoms with Gasteiger partial charge >= 0.3 is 0 Å². The number of allylic oxidation sites excluding steroid dienone is 1. The Hall–Kier alpha value is -1.83. The quantitative estimate of drug-likeness (QED) is 0.701. The second-order valence-corrected chi connectivity index (χ2v) is 3.06. The number of nitrogens with zero attached hydrogens (tertiary/aromatic N) is 2. The molecule has 2 heteroatoms. The predicted octanol–water partition coefficient (Wildman–Crippen LogP) is 2.91. The van der Waals surface area contributed by atoms with E-state index in [1.165, 1.54) is 5.56 Å². The molecule has 0 bridgehead atoms. The molecule has 0 fully saturated rings. The van der Waals surface area contributed by atoms with Crippen molar-refractivity contribution in [2.45, 2.75) is 6.92 Å². The van der Waals surface area contributed by atoms with Crippen LogP contribution in [-0.4, -0.2) is 9.55 Å². The highest BCUT2D eigenvalue weighted by molar-refractivity contribution is 5.51. The molecular weight excluding hydrogens is 172 g/mol. The molecule has 0 aliphatic heterocycles. The Morgan fingerprint density at radius 3 is 2.57 bits per heavy atom. The first-order valence-electron chi connectivity index (χ1n) is 4.61. The molecule has 2 nitrogen and oxygen atoms in total. The predicted molar refractivity (Wildman–Crippen MR) is 58.3 cm³/mol. The number of aromatic nitrogens is 2. The van der Waals surface area contributed by atoms with Crippen molar-refractivity contribution in [1.82, 2.24) is 9.55 Å². The van der Waals surface area contributed by atoms with E-state index < -0.39 is 0 Å². The van der Waals surface area contributed by atoms with E-state index in [-0.39, 0.29) is 0 Å². The number of hydrogen-bond donors (Lipinski definition) is 0. The monoisotopic (exact) mass is 184 g/mol. The van der Waals surface area contributed by atoms with E-state index in [9.17, 15) is 0 Å². The van der Waals surface area contributed by atoms with Gasteiger partial charge in [0.2, 0.25) is 0 Å². The highest BCUT2D eigenvalue weighted by Crippen LogP contribution is 2.10. The molecule has 2 aromatic rings. The maximum absolute atomic E-state index is 4.01. The maximum atomic E-state index is 4.01. The van der Waals surface area contributed by atoms with Crippen molar-refractivity contribution in [3.05, 3.63) is 54.6 Å². The van der Waals surface area contributed by atoms with Crippen molar-refractivity contribution in [3.8, 4) is 5.69 Å². The molecule has 0 radical (unpaired) electrons. The summed E-state index contributed by atoms with van der Waals surface area (Å²) in [5, 5.41) is 0. The first kappa shape index (κ1) is 8.75. The first-order chi connectivity index (χ1) is 6.90. The van der Waals surface area contributed by atoms with Crippen LogP contribution in [0.2, 0.25) is 0 Å². The lowest BCUT2D eigenvalue weighted by Crippen LogP contribution is -1.88. The number of rotatable bonds is 2. The van der Waals surface area contributed by atoms with Crippen molar-refractivity contribution in [3.63, 3.8) is 0 Å². The smallest absolute Gasteiger partial charge is 0.0991 e. The van der Waals surface area contributed by atoms with Gasteiger partial charge in [0.05, 0.1) is 6.33 Å². The lowest BCUT2D eigenvalue weighted by molar-refractivity contribution is 1.06. The summed E-state index contributed by atoms with van der Waals surface area (Å²) in [5.74, 6) is 0. The summed E-state index contributed by atoms with van der Waals surface area (Å²) in [6, 6.07) is 8.35. The van der Waals surface area contributed by atoms with Crippen LogP contribution in [0.15, 0.2) is 49.1 Å². The summed E-state index contributed by atoms with van der Waals surface area (Å²) in [6.07, 6.45) is 9.62. The third-order valence-electron chi connectivity index (χ3n) is 2.05. The van der Waals surface area contributed by atoms with Crippen LogP contribution >= 0.6 is 0 Å². The van der Waals surface area contributed by atoms with E-state index in [0.29, 0.717) is 0 Å².